The van der Waals surface area contributed by atoms with Crippen LogP contribution in [0, 0.1) is 5.92 Å². The third kappa shape index (κ3) is 8.48. The lowest BCUT2D eigenvalue weighted by Crippen LogP contribution is -2.49. The Morgan fingerprint density at radius 1 is 1.00 bits per heavy atom. The second kappa shape index (κ2) is 15.9. The number of amides is 3. The standard InChI is InChI=1S/C35H44N8O3S/c1-5-24-13-15-25(16-14-24)28-22-29(40-39-28)35(46)42-18-9-12-30(44)36-27(17-21-47-4)34(45)37-31(23(2)3)33-38-32(41-43(33)20-19-42)26-10-7-6-8-11-26/h6-8,10-11,13-16,22-23,27,31H,5,9,12,17-21H2,1-4H3,(H,36,44)(H,37,45)(H,39,40)/t27-,31+/m0/s1. The van der Waals surface area contributed by atoms with Gasteiger partial charge >= 0.3 is 0 Å². The summed E-state index contributed by atoms with van der Waals surface area (Å²) in [7, 11) is 0. The predicted octanol–water partition coefficient (Wildman–Crippen LogP) is 4.89. The second-order valence-electron chi connectivity index (χ2n) is 12.1. The lowest BCUT2D eigenvalue weighted by atomic mass is 10.0. The van der Waals surface area contributed by atoms with E-state index in [9.17, 15) is 14.4 Å². The molecular formula is C35H44N8O3S. The molecule has 2 aromatic carbocycles. The molecule has 0 spiro atoms. The van der Waals surface area contributed by atoms with E-state index in [-0.39, 0.29) is 30.1 Å². The minimum Gasteiger partial charge on any atom is -0.344 e. The van der Waals surface area contributed by atoms with Crippen LogP contribution in [0.5, 0.6) is 0 Å². The van der Waals surface area contributed by atoms with Crippen molar-refractivity contribution in [2.24, 2.45) is 5.92 Å². The molecule has 5 rings (SSSR count). The van der Waals surface area contributed by atoms with Gasteiger partial charge in [-0.3, -0.25) is 19.5 Å². The Hall–Kier alpha value is -4.45. The van der Waals surface area contributed by atoms with Crippen molar-refractivity contribution in [1.29, 1.82) is 0 Å². The minimum atomic E-state index is -0.684. The molecule has 12 heteroatoms. The largest absolute Gasteiger partial charge is 0.344 e. The van der Waals surface area contributed by atoms with Crippen LogP contribution >= 0.6 is 11.8 Å². The molecule has 1 aliphatic heterocycles. The van der Waals surface area contributed by atoms with Gasteiger partial charge in [-0.15, -0.1) is 0 Å². The molecule has 2 aromatic heterocycles. The molecule has 1 aliphatic rings. The monoisotopic (exact) mass is 656 g/mol. The fourth-order valence-electron chi connectivity index (χ4n) is 5.63. The summed E-state index contributed by atoms with van der Waals surface area (Å²) in [6.45, 7) is 7.16. The van der Waals surface area contributed by atoms with E-state index < -0.39 is 12.1 Å². The van der Waals surface area contributed by atoms with Crippen LogP contribution < -0.4 is 10.6 Å². The molecule has 248 valence electrons. The van der Waals surface area contributed by atoms with Gasteiger partial charge in [0.2, 0.25) is 11.8 Å². The zero-order valence-corrected chi connectivity index (χ0v) is 28.3. The smallest absolute Gasteiger partial charge is 0.271 e. The fraction of sp³-hybridized carbons (Fsp3) is 0.429. The van der Waals surface area contributed by atoms with Crippen LogP contribution in [0.1, 0.15) is 68.0 Å². The summed E-state index contributed by atoms with van der Waals surface area (Å²) in [5.41, 5.74) is 4.07. The topological polar surface area (TPSA) is 138 Å². The van der Waals surface area contributed by atoms with Gasteiger partial charge in [0.1, 0.15) is 11.7 Å². The van der Waals surface area contributed by atoms with E-state index in [1.807, 2.05) is 67.2 Å². The van der Waals surface area contributed by atoms with Gasteiger partial charge in [-0.1, -0.05) is 75.4 Å². The summed E-state index contributed by atoms with van der Waals surface area (Å²) in [4.78, 5) is 47.3. The summed E-state index contributed by atoms with van der Waals surface area (Å²) in [6.07, 6.45) is 4.04. The van der Waals surface area contributed by atoms with Gasteiger partial charge < -0.3 is 15.5 Å². The number of nitrogens with one attached hydrogen (secondary N) is 3. The van der Waals surface area contributed by atoms with Crippen LogP contribution in [0.2, 0.25) is 0 Å². The number of rotatable bonds is 8. The Morgan fingerprint density at radius 3 is 2.47 bits per heavy atom. The normalized spacial score (nSPS) is 17.9. The van der Waals surface area contributed by atoms with Crippen molar-refractivity contribution in [3.05, 3.63) is 77.7 Å². The highest BCUT2D eigenvalue weighted by Gasteiger charge is 2.30. The molecule has 0 saturated carbocycles. The number of carbonyl (C=O) groups is 3. The fourth-order valence-corrected chi connectivity index (χ4v) is 6.11. The third-order valence-electron chi connectivity index (χ3n) is 8.40. The Bertz CT molecular complexity index is 1650. The quantitative estimate of drug-likeness (QED) is 0.246. The van der Waals surface area contributed by atoms with Crippen molar-refractivity contribution in [3.8, 4) is 22.6 Å². The van der Waals surface area contributed by atoms with Crippen molar-refractivity contribution in [2.75, 3.05) is 25.1 Å². The summed E-state index contributed by atoms with van der Waals surface area (Å²) in [6, 6.07) is 18.5. The van der Waals surface area contributed by atoms with Crippen LogP contribution in [0.25, 0.3) is 22.6 Å². The van der Waals surface area contributed by atoms with E-state index >= 15 is 0 Å². The van der Waals surface area contributed by atoms with E-state index in [4.69, 9.17) is 10.1 Å². The van der Waals surface area contributed by atoms with Crippen LogP contribution in [-0.4, -0.2) is 78.7 Å². The number of aryl methyl sites for hydroxylation is 1. The van der Waals surface area contributed by atoms with Crippen LogP contribution in [0.15, 0.2) is 60.7 Å². The number of fused-ring (bicyclic) bond motifs is 1. The first kappa shape index (κ1) is 33.9. The van der Waals surface area contributed by atoms with Crippen molar-refractivity contribution >= 4 is 29.5 Å². The van der Waals surface area contributed by atoms with Gasteiger partial charge in [-0.05, 0) is 48.8 Å². The number of benzene rings is 2. The number of nitrogens with zero attached hydrogens (tertiary/aromatic N) is 5. The SMILES string of the molecule is CCc1ccc(-c2cc(C(=O)N3CCCC(=O)N[C@@H](CCSC)C(=O)N[C@H](C(C)C)c4nc(-c5ccccc5)nn4CC3)[nH]n2)cc1. The maximum atomic E-state index is 13.9. The lowest BCUT2D eigenvalue weighted by Gasteiger charge is -2.27. The molecule has 3 N–H and O–H groups in total. The van der Waals surface area contributed by atoms with Gasteiger partial charge in [0, 0.05) is 30.6 Å². The number of hydrogen-bond donors (Lipinski definition) is 3. The van der Waals surface area contributed by atoms with E-state index in [1.54, 1.807) is 22.7 Å². The number of carbonyl (C=O) groups excluding carboxylic acids is 3. The van der Waals surface area contributed by atoms with Crippen molar-refractivity contribution < 1.29 is 14.4 Å². The van der Waals surface area contributed by atoms with Crippen LogP contribution in [-0.2, 0) is 22.6 Å². The molecule has 3 heterocycles. The molecule has 0 fully saturated rings. The van der Waals surface area contributed by atoms with E-state index in [0.29, 0.717) is 55.5 Å². The van der Waals surface area contributed by atoms with E-state index in [0.717, 1.165) is 23.3 Å². The van der Waals surface area contributed by atoms with Gasteiger partial charge in [0.15, 0.2) is 11.6 Å². The van der Waals surface area contributed by atoms with Gasteiger partial charge in [0.05, 0.1) is 18.3 Å². The second-order valence-corrected chi connectivity index (χ2v) is 13.1. The molecule has 0 unspecified atom stereocenters. The zero-order valence-electron chi connectivity index (χ0n) is 27.5. The van der Waals surface area contributed by atoms with Crippen molar-refractivity contribution in [1.82, 2.24) is 40.5 Å². The molecule has 3 amide bonds. The molecule has 0 radical (unpaired) electrons. The zero-order chi connectivity index (χ0) is 33.3. The maximum absolute atomic E-state index is 13.9. The summed E-state index contributed by atoms with van der Waals surface area (Å²) in [5, 5.41) is 18.4. The van der Waals surface area contributed by atoms with Crippen molar-refractivity contribution in [3.63, 3.8) is 0 Å². The Balaban J connectivity index is 1.47. The van der Waals surface area contributed by atoms with E-state index in [2.05, 4.69) is 39.9 Å². The maximum Gasteiger partial charge on any atom is 0.271 e. The Labute approximate surface area is 280 Å². The first-order chi connectivity index (χ1) is 22.8. The van der Waals surface area contributed by atoms with Crippen LogP contribution in [0.4, 0.5) is 0 Å². The van der Waals surface area contributed by atoms with Gasteiger partial charge in [-0.2, -0.15) is 22.0 Å². The highest BCUT2D eigenvalue weighted by Crippen LogP contribution is 2.25. The average molecular weight is 657 g/mol. The summed E-state index contributed by atoms with van der Waals surface area (Å²) in [5.74, 6) is 1.17. The first-order valence-corrected chi connectivity index (χ1v) is 17.7. The number of hydrogen-bond acceptors (Lipinski definition) is 7. The number of thioether (sulfide) groups is 1. The summed E-state index contributed by atoms with van der Waals surface area (Å²) < 4.78 is 1.81. The minimum absolute atomic E-state index is 0.0251. The molecule has 2 atom stereocenters. The number of H-pyrrole nitrogens is 1. The third-order valence-corrected chi connectivity index (χ3v) is 9.05. The number of aromatic nitrogens is 5. The first-order valence-electron chi connectivity index (χ1n) is 16.3. The van der Waals surface area contributed by atoms with Crippen molar-refractivity contribution in [2.45, 2.75) is 65.1 Å². The number of aromatic amines is 1. The molecule has 11 nitrogen and oxygen atoms in total. The molecule has 0 saturated heterocycles. The molecular weight excluding hydrogens is 613 g/mol. The predicted molar refractivity (Wildman–Crippen MR) is 185 cm³/mol. The molecule has 0 bridgehead atoms. The molecule has 4 aromatic rings. The van der Waals surface area contributed by atoms with Gasteiger partial charge in [-0.25, -0.2) is 9.67 Å². The Morgan fingerprint density at radius 2 is 1.77 bits per heavy atom. The van der Waals surface area contributed by atoms with E-state index in [1.165, 1.54) is 5.56 Å². The van der Waals surface area contributed by atoms with Crippen LogP contribution in [0.3, 0.4) is 0 Å². The lowest BCUT2D eigenvalue weighted by molar-refractivity contribution is -0.129. The summed E-state index contributed by atoms with van der Waals surface area (Å²) >= 11 is 1.62. The highest BCUT2D eigenvalue weighted by molar-refractivity contribution is 7.98. The molecule has 0 aliphatic carbocycles. The average Bonchev–Trinajstić information content (AvgIpc) is 3.75. The molecule has 47 heavy (non-hydrogen) atoms. The van der Waals surface area contributed by atoms with Gasteiger partial charge in [0.25, 0.3) is 5.91 Å². The Kier molecular flexibility index (Phi) is 11.5. The highest BCUT2D eigenvalue weighted by atomic mass is 32.2.